The van der Waals surface area contributed by atoms with Gasteiger partial charge in [-0.15, -0.1) is 0 Å². The molecule has 0 aromatic heterocycles. The molecule has 6 nitrogen and oxygen atoms in total. The molecule has 2 fully saturated rings. The fourth-order valence-corrected chi connectivity index (χ4v) is 5.60. The predicted molar refractivity (Wildman–Crippen MR) is 102 cm³/mol. The number of nitrogens with zero attached hydrogens (tertiary/aromatic N) is 2. The van der Waals surface area contributed by atoms with Gasteiger partial charge in [0.15, 0.2) is 0 Å². The lowest BCUT2D eigenvalue weighted by Gasteiger charge is -2.47. The number of nitrogens with two attached hydrogens (primary N) is 1. The maximum absolute atomic E-state index is 13.7. The van der Waals surface area contributed by atoms with Crippen LogP contribution in [0.15, 0.2) is 24.3 Å². The van der Waals surface area contributed by atoms with E-state index in [1.54, 1.807) is 4.90 Å². The SMILES string of the molecule is N#CC1(C2(C(N)=O)CCCCC2C(=O)N2Cc3ccccc3C[C@H]2CO)CC1. The molecule has 1 aliphatic heterocycles. The third-order valence-electron chi connectivity index (χ3n) is 7.31. The van der Waals surface area contributed by atoms with Gasteiger partial charge in [-0.25, -0.2) is 0 Å². The minimum atomic E-state index is -1.09. The molecular formula is C22H27N3O3. The third kappa shape index (κ3) is 2.64. The Hall–Kier alpha value is -2.39. The Morgan fingerprint density at radius 1 is 1.21 bits per heavy atom. The summed E-state index contributed by atoms with van der Waals surface area (Å²) in [5, 5.41) is 19.8. The van der Waals surface area contributed by atoms with Crippen molar-refractivity contribution in [3.05, 3.63) is 35.4 Å². The average molecular weight is 381 g/mol. The van der Waals surface area contributed by atoms with E-state index in [0.29, 0.717) is 38.6 Å². The lowest BCUT2D eigenvalue weighted by molar-refractivity contribution is -0.157. The molecule has 3 N–H and O–H groups in total. The fraction of sp³-hybridized carbons (Fsp3) is 0.591. The monoisotopic (exact) mass is 381 g/mol. The van der Waals surface area contributed by atoms with Gasteiger partial charge >= 0.3 is 0 Å². The summed E-state index contributed by atoms with van der Waals surface area (Å²) in [5.74, 6) is -1.23. The zero-order chi connectivity index (χ0) is 19.9. The van der Waals surface area contributed by atoms with E-state index in [-0.39, 0.29) is 18.6 Å². The average Bonchev–Trinajstić information content (AvgIpc) is 3.53. The van der Waals surface area contributed by atoms with Crippen molar-refractivity contribution in [3.63, 3.8) is 0 Å². The Morgan fingerprint density at radius 2 is 1.93 bits per heavy atom. The number of carbonyl (C=O) groups excluding carboxylic acids is 2. The van der Waals surface area contributed by atoms with E-state index in [2.05, 4.69) is 6.07 Å². The number of aliphatic hydroxyl groups excluding tert-OH is 1. The van der Waals surface area contributed by atoms with Crippen molar-refractivity contribution in [2.24, 2.45) is 22.5 Å². The minimum absolute atomic E-state index is 0.125. The first kappa shape index (κ1) is 18.9. The summed E-state index contributed by atoms with van der Waals surface area (Å²) in [6.07, 6.45) is 4.58. The standard InChI is InChI=1S/C22H27N3O3/c23-14-21(9-10-21)22(20(24)28)8-4-3-7-18(22)19(27)25-12-16-6-2-1-5-15(16)11-17(25)13-26/h1-2,5-6,17-18,26H,3-4,7-13H2,(H2,24,28)/t17-,18?,22?/m0/s1. The fourth-order valence-electron chi connectivity index (χ4n) is 5.60. The van der Waals surface area contributed by atoms with Gasteiger partial charge in [0.25, 0.3) is 0 Å². The maximum atomic E-state index is 13.7. The molecule has 0 spiro atoms. The van der Waals surface area contributed by atoms with Gasteiger partial charge < -0.3 is 15.7 Å². The van der Waals surface area contributed by atoms with E-state index >= 15 is 0 Å². The van der Waals surface area contributed by atoms with E-state index in [9.17, 15) is 20.0 Å². The first-order chi connectivity index (χ1) is 13.5. The highest BCUT2D eigenvalue weighted by Crippen LogP contribution is 2.65. The Bertz CT molecular complexity index is 842. The molecule has 0 bridgehead atoms. The smallest absolute Gasteiger partial charge is 0.227 e. The molecule has 2 saturated carbocycles. The molecular weight excluding hydrogens is 354 g/mol. The molecule has 4 rings (SSSR count). The summed E-state index contributed by atoms with van der Waals surface area (Å²) in [4.78, 5) is 28.2. The summed E-state index contributed by atoms with van der Waals surface area (Å²) in [6.45, 7) is 0.297. The van der Waals surface area contributed by atoms with Gasteiger partial charge in [-0.05, 0) is 43.2 Å². The second-order valence-corrected chi connectivity index (χ2v) is 8.60. The predicted octanol–water partition coefficient (Wildman–Crippen LogP) is 1.90. The topological polar surface area (TPSA) is 107 Å². The zero-order valence-corrected chi connectivity index (χ0v) is 16.1. The Labute approximate surface area is 165 Å². The van der Waals surface area contributed by atoms with Gasteiger partial charge in [-0.1, -0.05) is 37.1 Å². The number of benzene rings is 1. The number of carbonyl (C=O) groups is 2. The van der Waals surface area contributed by atoms with E-state index in [0.717, 1.165) is 24.0 Å². The van der Waals surface area contributed by atoms with Crippen LogP contribution >= 0.6 is 0 Å². The van der Waals surface area contributed by atoms with E-state index < -0.39 is 22.7 Å². The molecule has 1 aromatic carbocycles. The van der Waals surface area contributed by atoms with Crippen LogP contribution in [0.25, 0.3) is 0 Å². The summed E-state index contributed by atoms with van der Waals surface area (Å²) in [5.41, 5.74) is 6.22. The Kier molecular flexibility index (Phi) is 4.67. The number of amides is 2. The largest absolute Gasteiger partial charge is 0.394 e. The van der Waals surface area contributed by atoms with Crippen LogP contribution in [-0.4, -0.2) is 34.5 Å². The first-order valence-electron chi connectivity index (χ1n) is 10.2. The quantitative estimate of drug-likeness (QED) is 0.830. The van der Waals surface area contributed by atoms with Crippen molar-refractivity contribution >= 4 is 11.8 Å². The molecule has 0 radical (unpaired) electrons. The van der Waals surface area contributed by atoms with Crippen molar-refractivity contribution in [3.8, 4) is 6.07 Å². The summed E-state index contributed by atoms with van der Waals surface area (Å²) in [7, 11) is 0. The molecule has 1 aromatic rings. The lowest BCUT2D eigenvalue weighted by atomic mass is 9.57. The van der Waals surface area contributed by atoms with Gasteiger partial charge in [0.1, 0.15) is 0 Å². The summed E-state index contributed by atoms with van der Waals surface area (Å²) in [6, 6.07) is 9.99. The van der Waals surface area contributed by atoms with Gasteiger partial charge in [-0.3, -0.25) is 9.59 Å². The lowest BCUT2D eigenvalue weighted by Crippen LogP contribution is -2.58. The van der Waals surface area contributed by atoms with Crippen LogP contribution in [0.3, 0.4) is 0 Å². The van der Waals surface area contributed by atoms with Crippen molar-refractivity contribution in [2.75, 3.05) is 6.61 Å². The highest BCUT2D eigenvalue weighted by Gasteiger charge is 2.68. The molecule has 3 aliphatic rings. The van der Waals surface area contributed by atoms with Gasteiger partial charge in [0.2, 0.25) is 11.8 Å². The van der Waals surface area contributed by atoms with Crippen LogP contribution in [0, 0.1) is 28.1 Å². The Morgan fingerprint density at radius 3 is 2.54 bits per heavy atom. The number of rotatable bonds is 4. The second-order valence-electron chi connectivity index (χ2n) is 8.60. The molecule has 28 heavy (non-hydrogen) atoms. The Balaban J connectivity index is 1.71. The number of aliphatic hydroxyl groups is 1. The van der Waals surface area contributed by atoms with Crippen LogP contribution in [0.4, 0.5) is 0 Å². The number of hydrogen-bond acceptors (Lipinski definition) is 4. The molecule has 2 amide bonds. The van der Waals surface area contributed by atoms with E-state index in [1.165, 1.54) is 0 Å². The van der Waals surface area contributed by atoms with Gasteiger partial charge in [-0.2, -0.15) is 5.26 Å². The second kappa shape index (κ2) is 6.89. The molecule has 0 saturated heterocycles. The molecule has 6 heteroatoms. The van der Waals surface area contributed by atoms with Crippen molar-refractivity contribution in [2.45, 2.75) is 57.5 Å². The first-order valence-corrected chi connectivity index (χ1v) is 10.2. The third-order valence-corrected chi connectivity index (χ3v) is 7.31. The van der Waals surface area contributed by atoms with Crippen LogP contribution in [-0.2, 0) is 22.6 Å². The molecule has 2 aliphatic carbocycles. The highest BCUT2D eigenvalue weighted by molar-refractivity contribution is 5.92. The van der Waals surface area contributed by atoms with Crippen LogP contribution in [0.2, 0.25) is 0 Å². The number of fused-ring (bicyclic) bond motifs is 1. The van der Waals surface area contributed by atoms with Crippen LogP contribution in [0.5, 0.6) is 0 Å². The van der Waals surface area contributed by atoms with Crippen molar-refractivity contribution in [1.82, 2.24) is 4.90 Å². The number of primary amides is 1. The van der Waals surface area contributed by atoms with Crippen molar-refractivity contribution < 1.29 is 14.7 Å². The van der Waals surface area contributed by atoms with Crippen LogP contribution < -0.4 is 5.73 Å². The summed E-state index contributed by atoms with van der Waals surface area (Å²) >= 11 is 0. The molecule has 1 heterocycles. The highest BCUT2D eigenvalue weighted by atomic mass is 16.3. The summed E-state index contributed by atoms with van der Waals surface area (Å²) < 4.78 is 0. The number of nitriles is 1. The van der Waals surface area contributed by atoms with Crippen LogP contribution in [0.1, 0.15) is 49.7 Å². The minimum Gasteiger partial charge on any atom is -0.394 e. The normalized spacial score (nSPS) is 30.8. The number of hydrogen-bond donors (Lipinski definition) is 2. The van der Waals surface area contributed by atoms with E-state index in [1.807, 2.05) is 24.3 Å². The van der Waals surface area contributed by atoms with Crippen molar-refractivity contribution in [1.29, 1.82) is 5.26 Å². The molecule has 3 atom stereocenters. The zero-order valence-electron chi connectivity index (χ0n) is 16.1. The van der Waals surface area contributed by atoms with Gasteiger partial charge in [0, 0.05) is 6.54 Å². The van der Waals surface area contributed by atoms with Gasteiger partial charge in [0.05, 0.1) is 35.5 Å². The molecule has 148 valence electrons. The van der Waals surface area contributed by atoms with E-state index in [4.69, 9.17) is 5.73 Å². The molecule has 2 unspecified atom stereocenters. The maximum Gasteiger partial charge on any atom is 0.227 e.